The zero-order chi connectivity index (χ0) is 11.4. The number of halogens is 1. The fraction of sp³-hybridized carbons (Fsp3) is 0.462. The van der Waals surface area contributed by atoms with Gasteiger partial charge in [0.2, 0.25) is 0 Å². The first-order valence-electron chi connectivity index (χ1n) is 5.87. The van der Waals surface area contributed by atoms with Crippen LogP contribution in [0.1, 0.15) is 25.6 Å². The number of benzene rings is 1. The molecular weight excluding hydrogens is 220 g/mol. The van der Waals surface area contributed by atoms with E-state index in [9.17, 15) is 0 Å². The van der Waals surface area contributed by atoms with Gasteiger partial charge >= 0.3 is 0 Å². The zero-order valence-corrected chi connectivity index (χ0v) is 10.4. The van der Waals surface area contributed by atoms with E-state index < -0.39 is 0 Å². The molecular formula is C13H17ClN2. The largest absolute Gasteiger partial charge is 0.328 e. The van der Waals surface area contributed by atoms with Crippen LogP contribution in [0.3, 0.4) is 0 Å². The third-order valence-corrected chi connectivity index (χ3v) is 2.99. The molecule has 0 N–H and O–H groups in total. The van der Waals surface area contributed by atoms with Gasteiger partial charge in [-0.05, 0) is 25.0 Å². The normalized spacial score (nSPS) is 11.1. The van der Waals surface area contributed by atoms with Crippen LogP contribution >= 0.6 is 11.6 Å². The standard InChI is InChI=1S/C13H17ClN2/c1-2-6-13-15-11-7-3-4-8-12(11)16(13)10-5-9-14/h3-4,7-8H,2,5-6,9-10H2,1H3. The van der Waals surface area contributed by atoms with E-state index in [1.54, 1.807) is 0 Å². The average Bonchev–Trinajstić information content (AvgIpc) is 2.65. The second kappa shape index (κ2) is 5.35. The monoisotopic (exact) mass is 236 g/mol. The smallest absolute Gasteiger partial charge is 0.109 e. The van der Waals surface area contributed by atoms with Gasteiger partial charge in [-0.1, -0.05) is 19.1 Å². The molecule has 0 unspecified atom stereocenters. The van der Waals surface area contributed by atoms with Crippen LogP contribution in [0, 0.1) is 0 Å². The Morgan fingerprint density at radius 2 is 2.12 bits per heavy atom. The lowest BCUT2D eigenvalue weighted by molar-refractivity contribution is 0.648. The summed E-state index contributed by atoms with van der Waals surface area (Å²) in [5.74, 6) is 1.90. The van der Waals surface area contributed by atoms with Crippen molar-refractivity contribution >= 4 is 22.6 Å². The molecule has 2 rings (SSSR count). The lowest BCUT2D eigenvalue weighted by atomic mass is 10.3. The number of alkyl halides is 1. The number of hydrogen-bond acceptors (Lipinski definition) is 1. The Kier molecular flexibility index (Phi) is 3.83. The molecule has 16 heavy (non-hydrogen) atoms. The maximum atomic E-state index is 5.77. The maximum Gasteiger partial charge on any atom is 0.109 e. The van der Waals surface area contributed by atoms with Gasteiger partial charge in [-0.25, -0.2) is 4.98 Å². The van der Waals surface area contributed by atoms with E-state index in [4.69, 9.17) is 11.6 Å². The van der Waals surface area contributed by atoms with Crippen LogP contribution in [0.5, 0.6) is 0 Å². The van der Waals surface area contributed by atoms with E-state index in [0.717, 1.165) is 31.3 Å². The van der Waals surface area contributed by atoms with Gasteiger partial charge < -0.3 is 4.57 Å². The molecule has 0 aliphatic rings. The molecule has 1 aromatic carbocycles. The van der Waals surface area contributed by atoms with E-state index in [1.807, 2.05) is 6.07 Å². The SMILES string of the molecule is CCCc1nc2ccccc2n1CCCCl. The Balaban J connectivity index is 2.42. The van der Waals surface area contributed by atoms with Gasteiger partial charge in [0.25, 0.3) is 0 Å². The van der Waals surface area contributed by atoms with Gasteiger partial charge in [0.1, 0.15) is 5.82 Å². The van der Waals surface area contributed by atoms with E-state index in [1.165, 1.54) is 11.3 Å². The fourth-order valence-electron chi connectivity index (χ4n) is 2.01. The van der Waals surface area contributed by atoms with Crippen molar-refractivity contribution in [2.75, 3.05) is 5.88 Å². The summed E-state index contributed by atoms with van der Waals surface area (Å²) < 4.78 is 2.31. The number of aromatic nitrogens is 2. The number of rotatable bonds is 5. The predicted molar refractivity (Wildman–Crippen MR) is 69.1 cm³/mol. The third-order valence-electron chi connectivity index (χ3n) is 2.72. The van der Waals surface area contributed by atoms with Crippen molar-refractivity contribution < 1.29 is 0 Å². The lowest BCUT2D eigenvalue weighted by Crippen LogP contribution is -2.04. The molecule has 0 radical (unpaired) electrons. The van der Waals surface area contributed by atoms with Gasteiger partial charge in [-0.15, -0.1) is 11.6 Å². The summed E-state index contributed by atoms with van der Waals surface area (Å²) in [6.45, 7) is 3.16. The van der Waals surface area contributed by atoms with E-state index in [2.05, 4.69) is 34.7 Å². The van der Waals surface area contributed by atoms with Crippen molar-refractivity contribution in [3.8, 4) is 0 Å². The van der Waals surface area contributed by atoms with Crippen molar-refractivity contribution in [2.45, 2.75) is 32.7 Å². The second-order valence-electron chi connectivity index (χ2n) is 3.96. The topological polar surface area (TPSA) is 17.8 Å². The molecule has 0 saturated carbocycles. The van der Waals surface area contributed by atoms with Crippen LogP contribution in [0.2, 0.25) is 0 Å². The molecule has 0 fully saturated rings. The number of nitrogens with zero attached hydrogens (tertiary/aromatic N) is 2. The number of imidazole rings is 1. The number of para-hydroxylation sites is 2. The molecule has 0 spiro atoms. The Bertz CT molecular complexity index is 462. The number of fused-ring (bicyclic) bond motifs is 1. The summed E-state index contributed by atoms with van der Waals surface area (Å²) in [6.07, 6.45) is 3.17. The Morgan fingerprint density at radius 1 is 1.31 bits per heavy atom. The first kappa shape index (κ1) is 11.5. The lowest BCUT2D eigenvalue weighted by Gasteiger charge is -2.06. The molecule has 2 aromatic rings. The molecule has 1 aromatic heterocycles. The van der Waals surface area contributed by atoms with Crippen molar-refractivity contribution in [1.29, 1.82) is 0 Å². The van der Waals surface area contributed by atoms with Crippen molar-refractivity contribution in [1.82, 2.24) is 9.55 Å². The van der Waals surface area contributed by atoms with Crippen LogP contribution in [-0.2, 0) is 13.0 Å². The second-order valence-corrected chi connectivity index (χ2v) is 4.34. The molecule has 0 aliphatic carbocycles. The summed E-state index contributed by atoms with van der Waals surface area (Å²) in [7, 11) is 0. The van der Waals surface area contributed by atoms with Gasteiger partial charge in [0.05, 0.1) is 11.0 Å². The van der Waals surface area contributed by atoms with Crippen molar-refractivity contribution in [2.24, 2.45) is 0 Å². The quantitative estimate of drug-likeness (QED) is 0.725. The summed E-state index contributed by atoms with van der Waals surface area (Å²) in [4.78, 5) is 4.68. The first-order chi connectivity index (χ1) is 7.86. The summed E-state index contributed by atoms with van der Waals surface area (Å²) >= 11 is 5.77. The Labute approximate surface area is 101 Å². The van der Waals surface area contributed by atoms with E-state index in [-0.39, 0.29) is 0 Å². The highest BCUT2D eigenvalue weighted by atomic mass is 35.5. The van der Waals surface area contributed by atoms with Gasteiger partial charge in [-0.2, -0.15) is 0 Å². The van der Waals surface area contributed by atoms with Gasteiger partial charge in [0.15, 0.2) is 0 Å². The Morgan fingerprint density at radius 3 is 2.88 bits per heavy atom. The van der Waals surface area contributed by atoms with Crippen molar-refractivity contribution in [3.63, 3.8) is 0 Å². The van der Waals surface area contributed by atoms with E-state index in [0.29, 0.717) is 5.88 Å². The molecule has 86 valence electrons. The highest BCUT2D eigenvalue weighted by Gasteiger charge is 2.08. The van der Waals surface area contributed by atoms with Gasteiger partial charge in [0, 0.05) is 18.8 Å². The summed E-state index contributed by atoms with van der Waals surface area (Å²) in [5.41, 5.74) is 2.33. The summed E-state index contributed by atoms with van der Waals surface area (Å²) in [5, 5.41) is 0. The van der Waals surface area contributed by atoms with Crippen LogP contribution in [-0.4, -0.2) is 15.4 Å². The molecule has 0 bridgehead atoms. The minimum Gasteiger partial charge on any atom is -0.328 e. The van der Waals surface area contributed by atoms with E-state index >= 15 is 0 Å². The summed E-state index contributed by atoms with van der Waals surface area (Å²) in [6, 6.07) is 8.31. The third kappa shape index (κ3) is 2.22. The maximum absolute atomic E-state index is 5.77. The van der Waals surface area contributed by atoms with Gasteiger partial charge in [-0.3, -0.25) is 0 Å². The predicted octanol–water partition coefficient (Wildman–Crippen LogP) is 3.62. The molecule has 0 atom stereocenters. The molecule has 0 amide bonds. The molecule has 1 heterocycles. The van der Waals surface area contributed by atoms with Crippen LogP contribution < -0.4 is 0 Å². The molecule has 0 aliphatic heterocycles. The number of aryl methyl sites for hydroxylation is 2. The minimum absolute atomic E-state index is 0.706. The first-order valence-corrected chi connectivity index (χ1v) is 6.40. The fourth-order valence-corrected chi connectivity index (χ4v) is 2.13. The van der Waals surface area contributed by atoms with Crippen molar-refractivity contribution in [3.05, 3.63) is 30.1 Å². The minimum atomic E-state index is 0.706. The van der Waals surface area contributed by atoms with Crippen LogP contribution in [0.4, 0.5) is 0 Å². The average molecular weight is 237 g/mol. The van der Waals surface area contributed by atoms with Crippen LogP contribution in [0.15, 0.2) is 24.3 Å². The highest BCUT2D eigenvalue weighted by molar-refractivity contribution is 6.17. The molecule has 0 saturated heterocycles. The molecule has 2 nitrogen and oxygen atoms in total. The Hall–Kier alpha value is -1.02. The highest BCUT2D eigenvalue weighted by Crippen LogP contribution is 2.17. The number of hydrogen-bond donors (Lipinski definition) is 0. The van der Waals surface area contributed by atoms with Crippen LogP contribution in [0.25, 0.3) is 11.0 Å². The zero-order valence-electron chi connectivity index (χ0n) is 9.62. The molecule has 3 heteroatoms.